The third-order valence-electron chi connectivity index (χ3n) is 6.30. The van der Waals surface area contributed by atoms with Gasteiger partial charge in [0, 0.05) is 36.2 Å². The Labute approximate surface area is 192 Å². The van der Waals surface area contributed by atoms with Crippen LogP contribution < -0.4 is 4.90 Å². The Kier molecular flexibility index (Phi) is 7.39. The van der Waals surface area contributed by atoms with Crippen molar-refractivity contribution in [2.75, 3.05) is 31.2 Å². The van der Waals surface area contributed by atoms with Crippen LogP contribution in [0.5, 0.6) is 0 Å². The Morgan fingerprint density at radius 2 is 1.97 bits per heavy atom. The van der Waals surface area contributed by atoms with Gasteiger partial charge in [0.15, 0.2) is 0 Å². The SMILES string of the molecule is CC/C=C/C=C\C(C1=Cc2c(N3CCOCC3)ccnc2CC1)=C(/C)c1cccc(C)c1. The smallest absolute Gasteiger partial charge is 0.0642 e. The minimum Gasteiger partial charge on any atom is -0.378 e. The number of benzene rings is 1. The maximum absolute atomic E-state index is 5.58. The Morgan fingerprint density at radius 1 is 1.12 bits per heavy atom. The van der Waals surface area contributed by atoms with Crippen molar-refractivity contribution in [2.24, 2.45) is 0 Å². The van der Waals surface area contributed by atoms with E-state index in [0.29, 0.717) is 0 Å². The minimum absolute atomic E-state index is 0.789. The highest BCUT2D eigenvalue weighted by Crippen LogP contribution is 2.36. The zero-order valence-electron chi connectivity index (χ0n) is 19.6. The second kappa shape index (κ2) is 10.6. The molecule has 0 saturated carbocycles. The summed E-state index contributed by atoms with van der Waals surface area (Å²) in [7, 11) is 0. The number of hydrogen-bond donors (Lipinski definition) is 0. The molecule has 2 aromatic rings. The van der Waals surface area contributed by atoms with Gasteiger partial charge >= 0.3 is 0 Å². The van der Waals surface area contributed by atoms with Gasteiger partial charge in [-0.05, 0) is 67.5 Å². The highest BCUT2D eigenvalue weighted by molar-refractivity contribution is 5.81. The Balaban J connectivity index is 1.79. The molecule has 1 aromatic heterocycles. The van der Waals surface area contributed by atoms with E-state index in [9.17, 15) is 0 Å². The normalized spacial score (nSPS) is 17.5. The summed E-state index contributed by atoms with van der Waals surface area (Å²) in [5.74, 6) is 0. The predicted molar refractivity (Wildman–Crippen MR) is 136 cm³/mol. The maximum Gasteiger partial charge on any atom is 0.0642 e. The number of allylic oxidation sites excluding steroid dienone is 7. The molecule has 0 atom stereocenters. The van der Waals surface area contributed by atoms with Crippen LogP contribution in [0, 0.1) is 6.92 Å². The lowest BCUT2D eigenvalue weighted by Gasteiger charge is -2.31. The van der Waals surface area contributed by atoms with Crippen molar-refractivity contribution >= 4 is 17.3 Å². The molecule has 1 aromatic carbocycles. The fourth-order valence-electron chi connectivity index (χ4n) is 4.53. The average molecular weight is 427 g/mol. The van der Waals surface area contributed by atoms with Crippen molar-refractivity contribution in [2.45, 2.75) is 40.0 Å². The van der Waals surface area contributed by atoms with Crippen molar-refractivity contribution in [3.8, 4) is 0 Å². The standard InChI is InChI=1S/C29H34N2O/c1-4-5-6-7-11-26(23(3)24-10-8-9-22(2)20-24)25-12-13-28-27(21-25)29(14-15-30-28)31-16-18-32-19-17-31/h5-11,14-15,20-21H,4,12-13,16-19H2,1-3H3/b6-5+,11-7-,26-23-. The average Bonchev–Trinajstić information content (AvgIpc) is 2.83. The van der Waals surface area contributed by atoms with Crippen molar-refractivity contribution < 1.29 is 4.74 Å². The molecule has 3 heteroatoms. The largest absolute Gasteiger partial charge is 0.378 e. The number of hydrogen-bond acceptors (Lipinski definition) is 3. The zero-order chi connectivity index (χ0) is 22.3. The maximum atomic E-state index is 5.58. The molecule has 0 unspecified atom stereocenters. The van der Waals surface area contributed by atoms with E-state index in [4.69, 9.17) is 9.72 Å². The molecule has 3 nitrogen and oxygen atoms in total. The van der Waals surface area contributed by atoms with Crippen LogP contribution >= 0.6 is 0 Å². The van der Waals surface area contributed by atoms with Gasteiger partial charge in [-0.2, -0.15) is 0 Å². The monoisotopic (exact) mass is 426 g/mol. The molecule has 2 heterocycles. The van der Waals surface area contributed by atoms with Crippen LogP contribution in [0.4, 0.5) is 5.69 Å². The quantitative estimate of drug-likeness (QED) is 0.490. The van der Waals surface area contributed by atoms with Gasteiger partial charge in [-0.15, -0.1) is 0 Å². The summed E-state index contributed by atoms with van der Waals surface area (Å²) < 4.78 is 5.58. The summed E-state index contributed by atoms with van der Waals surface area (Å²) in [5, 5.41) is 0. The molecule has 1 aliphatic carbocycles. The van der Waals surface area contributed by atoms with Crippen molar-refractivity contribution in [3.05, 3.63) is 94.4 Å². The lowest BCUT2D eigenvalue weighted by Crippen LogP contribution is -2.36. The van der Waals surface area contributed by atoms with Gasteiger partial charge in [-0.25, -0.2) is 0 Å². The van der Waals surface area contributed by atoms with E-state index in [1.807, 2.05) is 6.20 Å². The van der Waals surface area contributed by atoms with Gasteiger partial charge in [0.05, 0.1) is 13.2 Å². The van der Waals surface area contributed by atoms with Crippen LogP contribution in [0.15, 0.2) is 72.0 Å². The van der Waals surface area contributed by atoms with Crippen LogP contribution in [0.2, 0.25) is 0 Å². The molecule has 166 valence electrons. The van der Waals surface area contributed by atoms with Crippen molar-refractivity contribution in [3.63, 3.8) is 0 Å². The van der Waals surface area contributed by atoms with Gasteiger partial charge in [-0.1, -0.05) is 61.1 Å². The first-order valence-corrected chi connectivity index (χ1v) is 11.8. The molecule has 32 heavy (non-hydrogen) atoms. The molecule has 1 aliphatic heterocycles. The number of aromatic nitrogens is 1. The first-order valence-electron chi connectivity index (χ1n) is 11.8. The van der Waals surface area contributed by atoms with Gasteiger partial charge in [0.25, 0.3) is 0 Å². The second-order valence-electron chi connectivity index (χ2n) is 8.56. The summed E-state index contributed by atoms with van der Waals surface area (Å²) in [6.07, 6.45) is 16.2. The topological polar surface area (TPSA) is 25.4 Å². The van der Waals surface area contributed by atoms with Crippen LogP contribution in [-0.4, -0.2) is 31.3 Å². The second-order valence-corrected chi connectivity index (χ2v) is 8.56. The first kappa shape index (κ1) is 22.3. The molecule has 0 bridgehead atoms. The fraction of sp³-hybridized carbons (Fsp3) is 0.345. The third-order valence-corrected chi connectivity index (χ3v) is 6.30. The number of nitrogens with zero attached hydrogens (tertiary/aromatic N) is 2. The van der Waals surface area contributed by atoms with Gasteiger partial charge in [-0.3, -0.25) is 4.98 Å². The van der Waals surface area contributed by atoms with Gasteiger partial charge < -0.3 is 9.64 Å². The molecule has 1 saturated heterocycles. The number of ether oxygens (including phenoxy) is 1. The molecule has 4 rings (SSSR count). The molecule has 0 radical (unpaired) electrons. The number of aryl methyl sites for hydroxylation is 2. The minimum atomic E-state index is 0.789. The van der Waals surface area contributed by atoms with Crippen molar-refractivity contribution in [1.29, 1.82) is 0 Å². The number of rotatable bonds is 6. The lowest BCUT2D eigenvalue weighted by atomic mass is 9.86. The van der Waals surface area contributed by atoms with Crippen LogP contribution in [0.25, 0.3) is 11.6 Å². The van der Waals surface area contributed by atoms with E-state index in [1.165, 1.54) is 44.8 Å². The number of morpholine rings is 1. The van der Waals surface area contributed by atoms with E-state index in [2.05, 4.69) is 86.4 Å². The Morgan fingerprint density at radius 3 is 2.75 bits per heavy atom. The molecule has 0 N–H and O–H groups in total. The molecule has 2 aliphatic rings. The summed E-state index contributed by atoms with van der Waals surface area (Å²) in [6, 6.07) is 11.0. The highest BCUT2D eigenvalue weighted by Gasteiger charge is 2.21. The fourth-order valence-corrected chi connectivity index (χ4v) is 4.53. The molecule has 1 fully saturated rings. The van der Waals surface area contributed by atoms with Crippen molar-refractivity contribution in [1.82, 2.24) is 4.98 Å². The Hall–Kier alpha value is -2.91. The van der Waals surface area contributed by atoms with E-state index < -0.39 is 0 Å². The summed E-state index contributed by atoms with van der Waals surface area (Å²) >= 11 is 0. The van der Waals surface area contributed by atoms with E-state index in [-0.39, 0.29) is 0 Å². The van der Waals surface area contributed by atoms with Gasteiger partial charge in [0.1, 0.15) is 0 Å². The van der Waals surface area contributed by atoms with E-state index >= 15 is 0 Å². The van der Waals surface area contributed by atoms with E-state index in [1.54, 1.807) is 0 Å². The summed E-state index contributed by atoms with van der Waals surface area (Å²) in [6.45, 7) is 10.0. The van der Waals surface area contributed by atoms with Crippen LogP contribution in [-0.2, 0) is 11.2 Å². The van der Waals surface area contributed by atoms with Gasteiger partial charge in [0.2, 0.25) is 0 Å². The Bertz CT molecular complexity index is 1070. The predicted octanol–water partition coefficient (Wildman–Crippen LogP) is 6.55. The third kappa shape index (κ3) is 5.11. The van der Waals surface area contributed by atoms with E-state index in [0.717, 1.165) is 45.6 Å². The summed E-state index contributed by atoms with van der Waals surface area (Å²) in [5.41, 5.74) is 10.4. The summed E-state index contributed by atoms with van der Waals surface area (Å²) in [4.78, 5) is 7.17. The zero-order valence-corrected chi connectivity index (χ0v) is 19.6. The first-order chi connectivity index (χ1) is 15.7. The van der Waals surface area contributed by atoms with Crippen LogP contribution in [0.3, 0.4) is 0 Å². The lowest BCUT2D eigenvalue weighted by molar-refractivity contribution is 0.122. The number of fused-ring (bicyclic) bond motifs is 1. The molecule has 0 spiro atoms. The molecular formula is C29H34N2O. The molecule has 0 amide bonds. The highest BCUT2D eigenvalue weighted by atomic mass is 16.5. The number of pyridine rings is 1. The number of anilines is 1. The molecular weight excluding hydrogens is 392 g/mol. The van der Waals surface area contributed by atoms with Crippen LogP contribution in [0.1, 0.15) is 49.1 Å².